The first-order valence-corrected chi connectivity index (χ1v) is 10.8. The monoisotopic (exact) mass is 511 g/mol. The number of methoxy groups -OCH3 is 1. The van der Waals surface area contributed by atoms with E-state index in [1.165, 1.54) is 31.5 Å². The maximum atomic E-state index is 12.5. The minimum atomic E-state index is -0.878. The smallest absolute Gasteiger partial charge is 0.343 e. The van der Waals surface area contributed by atoms with Crippen LogP contribution >= 0.6 is 15.9 Å². The molecular formula is C25H22BrNO6. The van der Waals surface area contributed by atoms with E-state index in [4.69, 9.17) is 9.47 Å². The SMILES string of the molecule is COC(=O)C(Cc1ccc(O)cc1)N=Cc1cc(Br)cc(OC(=O)c2ccc(C)cc2)c1O. The predicted octanol–water partition coefficient (Wildman–Crippen LogP) is 4.59. The maximum absolute atomic E-state index is 12.5. The Morgan fingerprint density at radius 1 is 1.06 bits per heavy atom. The molecular weight excluding hydrogens is 490 g/mol. The van der Waals surface area contributed by atoms with Gasteiger partial charge in [-0.25, -0.2) is 9.59 Å². The van der Waals surface area contributed by atoms with E-state index >= 15 is 0 Å². The molecule has 0 aliphatic carbocycles. The van der Waals surface area contributed by atoms with Crippen LogP contribution in [0.5, 0.6) is 17.2 Å². The number of hydrogen-bond donors (Lipinski definition) is 2. The number of carbonyl (C=O) groups is 2. The van der Waals surface area contributed by atoms with Crippen molar-refractivity contribution in [2.24, 2.45) is 4.99 Å². The number of aromatic hydroxyl groups is 2. The fraction of sp³-hybridized carbons (Fsp3) is 0.160. The Balaban J connectivity index is 1.84. The Bertz CT molecular complexity index is 1170. The van der Waals surface area contributed by atoms with Crippen molar-refractivity contribution in [1.82, 2.24) is 0 Å². The van der Waals surface area contributed by atoms with Gasteiger partial charge in [-0.1, -0.05) is 45.8 Å². The summed E-state index contributed by atoms with van der Waals surface area (Å²) in [5.41, 5.74) is 2.36. The molecule has 0 aliphatic heterocycles. The van der Waals surface area contributed by atoms with E-state index in [1.807, 2.05) is 6.92 Å². The zero-order chi connectivity index (χ0) is 24.0. The van der Waals surface area contributed by atoms with Gasteiger partial charge in [-0.15, -0.1) is 0 Å². The Morgan fingerprint density at radius 3 is 2.36 bits per heavy atom. The largest absolute Gasteiger partial charge is 0.508 e. The lowest BCUT2D eigenvalue weighted by Crippen LogP contribution is -2.23. The molecule has 0 saturated heterocycles. The minimum absolute atomic E-state index is 0.0513. The second-order valence-corrected chi connectivity index (χ2v) is 8.20. The van der Waals surface area contributed by atoms with Gasteiger partial charge in [-0.3, -0.25) is 4.99 Å². The molecule has 8 heteroatoms. The first-order valence-electron chi connectivity index (χ1n) is 9.97. The third kappa shape index (κ3) is 6.43. The van der Waals surface area contributed by atoms with Gasteiger partial charge in [0.05, 0.1) is 12.7 Å². The number of nitrogens with zero attached hydrogens (tertiary/aromatic N) is 1. The van der Waals surface area contributed by atoms with Crippen molar-refractivity contribution >= 4 is 34.1 Å². The molecule has 0 spiro atoms. The summed E-state index contributed by atoms with van der Waals surface area (Å²) in [5, 5.41) is 20.1. The number of hydrogen-bond acceptors (Lipinski definition) is 7. The quantitative estimate of drug-likeness (QED) is 0.273. The molecule has 0 bridgehead atoms. The summed E-state index contributed by atoms with van der Waals surface area (Å²) in [6.07, 6.45) is 1.55. The summed E-state index contributed by atoms with van der Waals surface area (Å²) in [6.45, 7) is 1.91. The number of aliphatic imine (C=N–C) groups is 1. The fourth-order valence-electron chi connectivity index (χ4n) is 2.98. The van der Waals surface area contributed by atoms with Crippen LogP contribution in [0.4, 0.5) is 0 Å². The highest BCUT2D eigenvalue weighted by molar-refractivity contribution is 9.10. The van der Waals surface area contributed by atoms with Gasteiger partial charge in [0.1, 0.15) is 5.75 Å². The fourth-order valence-corrected chi connectivity index (χ4v) is 3.43. The molecule has 0 radical (unpaired) electrons. The van der Waals surface area contributed by atoms with E-state index in [0.717, 1.165) is 11.1 Å². The third-order valence-electron chi connectivity index (χ3n) is 4.79. The van der Waals surface area contributed by atoms with Gasteiger partial charge in [0, 0.05) is 22.7 Å². The van der Waals surface area contributed by atoms with Crippen LogP contribution < -0.4 is 4.74 Å². The van der Waals surface area contributed by atoms with Crippen molar-refractivity contribution < 1.29 is 29.3 Å². The summed E-state index contributed by atoms with van der Waals surface area (Å²) in [5.74, 6) is -1.41. The second kappa shape index (κ2) is 10.8. The van der Waals surface area contributed by atoms with E-state index < -0.39 is 18.0 Å². The second-order valence-electron chi connectivity index (χ2n) is 7.29. The average molecular weight is 512 g/mol. The first-order chi connectivity index (χ1) is 15.8. The van der Waals surface area contributed by atoms with Crippen LogP contribution in [-0.2, 0) is 16.0 Å². The van der Waals surface area contributed by atoms with Gasteiger partial charge in [-0.2, -0.15) is 0 Å². The Morgan fingerprint density at radius 2 is 1.73 bits per heavy atom. The van der Waals surface area contributed by atoms with Gasteiger partial charge in [-0.05, 0) is 48.9 Å². The van der Waals surface area contributed by atoms with Crippen LogP contribution in [0.1, 0.15) is 27.0 Å². The van der Waals surface area contributed by atoms with Crippen molar-refractivity contribution in [1.29, 1.82) is 0 Å². The molecule has 0 heterocycles. The number of rotatable bonds is 7. The topological polar surface area (TPSA) is 105 Å². The molecule has 1 unspecified atom stereocenters. The Kier molecular flexibility index (Phi) is 7.84. The van der Waals surface area contributed by atoms with Crippen molar-refractivity contribution in [2.75, 3.05) is 7.11 Å². The highest BCUT2D eigenvalue weighted by atomic mass is 79.9. The van der Waals surface area contributed by atoms with Crippen molar-refractivity contribution in [3.05, 3.63) is 87.4 Å². The molecule has 3 rings (SSSR count). The molecule has 0 amide bonds. The summed E-state index contributed by atoms with van der Waals surface area (Å²) >= 11 is 3.33. The van der Waals surface area contributed by atoms with Crippen molar-refractivity contribution in [2.45, 2.75) is 19.4 Å². The van der Waals surface area contributed by atoms with E-state index in [1.54, 1.807) is 42.5 Å². The number of carbonyl (C=O) groups excluding carboxylic acids is 2. The summed E-state index contributed by atoms with van der Waals surface area (Å²) in [4.78, 5) is 29.0. The zero-order valence-electron chi connectivity index (χ0n) is 18.0. The summed E-state index contributed by atoms with van der Waals surface area (Å²) < 4.78 is 10.8. The number of esters is 2. The summed E-state index contributed by atoms with van der Waals surface area (Å²) in [6, 6.07) is 15.4. The van der Waals surface area contributed by atoms with Crippen LogP contribution in [0.15, 0.2) is 70.1 Å². The highest BCUT2D eigenvalue weighted by Crippen LogP contribution is 2.33. The van der Waals surface area contributed by atoms with Crippen molar-refractivity contribution in [3.8, 4) is 17.2 Å². The number of phenolic OH excluding ortho intramolecular Hbond substituents is 2. The number of phenols is 2. The molecule has 0 aliphatic rings. The van der Waals surface area contributed by atoms with Crippen LogP contribution in [0, 0.1) is 6.92 Å². The lowest BCUT2D eigenvalue weighted by molar-refractivity contribution is -0.142. The van der Waals surface area contributed by atoms with E-state index in [9.17, 15) is 19.8 Å². The molecule has 170 valence electrons. The minimum Gasteiger partial charge on any atom is -0.508 e. The standard InChI is InChI=1S/C25H22BrNO6/c1-15-3-7-17(8-4-15)24(30)33-22-13-19(26)12-18(23(22)29)14-27-21(25(31)32-2)11-16-5-9-20(28)10-6-16/h3-10,12-14,21,28-29H,11H2,1-2H3. The summed E-state index contributed by atoms with van der Waals surface area (Å²) in [7, 11) is 1.26. The van der Waals surface area contributed by atoms with Gasteiger partial charge in [0.25, 0.3) is 0 Å². The molecule has 2 N–H and O–H groups in total. The van der Waals surface area contributed by atoms with Crippen molar-refractivity contribution in [3.63, 3.8) is 0 Å². The Hall–Kier alpha value is -3.65. The first kappa shape index (κ1) is 24.0. The number of benzene rings is 3. The maximum Gasteiger partial charge on any atom is 0.343 e. The molecule has 1 atom stereocenters. The van der Waals surface area contributed by atoms with Crippen LogP contribution in [0.2, 0.25) is 0 Å². The van der Waals surface area contributed by atoms with E-state index in [-0.39, 0.29) is 29.2 Å². The molecule has 3 aromatic rings. The van der Waals surface area contributed by atoms with Gasteiger partial charge in [0.15, 0.2) is 17.5 Å². The zero-order valence-corrected chi connectivity index (χ0v) is 19.6. The normalized spacial score (nSPS) is 11.8. The van der Waals surface area contributed by atoms with Crippen LogP contribution in [-0.4, -0.2) is 41.5 Å². The van der Waals surface area contributed by atoms with E-state index in [2.05, 4.69) is 20.9 Å². The van der Waals surface area contributed by atoms with Gasteiger partial charge < -0.3 is 19.7 Å². The lowest BCUT2D eigenvalue weighted by Gasteiger charge is -2.12. The molecule has 3 aromatic carbocycles. The highest BCUT2D eigenvalue weighted by Gasteiger charge is 2.19. The number of aryl methyl sites for hydroxylation is 1. The number of halogens is 1. The predicted molar refractivity (Wildman–Crippen MR) is 127 cm³/mol. The van der Waals surface area contributed by atoms with Crippen LogP contribution in [0.25, 0.3) is 0 Å². The third-order valence-corrected chi connectivity index (χ3v) is 5.25. The molecule has 7 nitrogen and oxygen atoms in total. The lowest BCUT2D eigenvalue weighted by atomic mass is 10.1. The van der Waals surface area contributed by atoms with Gasteiger partial charge >= 0.3 is 11.9 Å². The molecule has 0 saturated carbocycles. The average Bonchev–Trinajstić information content (AvgIpc) is 2.80. The Labute approximate surface area is 199 Å². The van der Waals surface area contributed by atoms with E-state index in [0.29, 0.717) is 10.0 Å². The van der Waals surface area contributed by atoms with Crippen LogP contribution in [0.3, 0.4) is 0 Å². The van der Waals surface area contributed by atoms with Gasteiger partial charge in [0.2, 0.25) is 0 Å². The molecule has 0 aromatic heterocycles. The number of ether oxygens (including phenoxy) is 2. The molecule has 33 heavy (non-hydrogen) atoms. The molecule has 0 fully saturated rings.